The lowest BCUT2D eigenvalue weighted by molar-refractivity contribution is 0.475. The SMILES string of the molecule is CCCCn1c(N/N=C\c2cccc(O)c2)nc2c1c(=O)[nH]c(=O)n2C. The Kier molecular flexibility index (Phi) is 4.87. The molecular weight excluding hydrogens is 336 g/mol. The molecule has 3 aromatic rings. The molecular formula is C17H20N6O3. The van der Waals surface area contributed by atoms with E-state index >= 15 is 0 Å². The van der Waals surface area contributed by atoms with Crippen LogP contribution >= 0.6 is 0 Å². The Morgan fingerprint density at radius 1 is 1.38 bits per heavy atom. The minimum absolute atomic E-state index is 0.144. The van der Waals surface area contributed by atoms with Crippen LogP contribution in [-0.2, 0) is 13.6 Å². The molecule has 26 heavy (non-hydrogen) atoms. The van der Waals surface area contributed by atoms with Gasteiger partial charge in [-0.05, 0) is 24.1 Å². The number of phenolic OH excluding ortho intramolecular Hbond substituents is 1. The molecule has 0 spiro atoms. The van der Waals surface area contributed by atoms with E-state index < -0.39 is 11.2 Å². The maximum atomic E-state index is 12.3. The van der Waals surface area contributed by atoms with Crippen molar-refractivity contribution in [1.29, 1.82) is 0 Å². The molecule has 2 aromatic heterocycles. The number of imidazole rings is 1. The van der Waals surface area contributed by atoms with Crippen molar-refractivity contribution < 1.29 is 5.11 Å². The Morgan fingerprint density at radius 3 is 2.92 bits per heavy atom. The van der Waals surface area contributed by atoms with Gasteiger partial charge in [0, 0.05) is 13.6 Å². The zero-order valence-corrected chi connectivity index (χ0v) is 14.6. The average molecular weight is 356 g/mol. The number of H-pyrrole nitrogens is 1. The first-order valence-electron chi connectivity index (χ1n) is 8.29. The largest absolute Gasteiger partial charge is 0.508 e. The normalized spacial score (nSPS) is 11.5. The van der Waals surface area contributed by atoms with Gasteiger partial charge in [-0.3, -0.25) is 14.3 Å². The highest BCUT2D eigenvalue weighted by atomic mass is 16.3. The number of unbranched alkanes of at least 4 members (excludes halogenated alkanes) is 1. The number of aromatic nitrogens is 4. The standard InChI is InChI=1S/C17H20N6O3/c1-3-4-8-23-13-14(22(2)17(26)20-15(13)25)19-16(23)21-18-10-11-6-5-7-12(24)9-11/h5-7,9-10,24H,3-4,8H2,1-2H3,(H,19,21)(H,20,25,26)/b18-10-. The monoisotopic (exact) mass is 356 g/mol. The van der Waals surface area contributed by atoms with E-state index in [9.17, 15) is 14.7 Å². The summed E-state index contributed by atoms with van der Waals surface area (Å²) in [6.45, 7) is 2.62. The number of aryl methyl sites for hydroxylation is 2. The van der Waals surface area contributed by atoms with Crippen LogP contribution in [0.25, 0.3) is 11.2 Å². The molecule has 0 saturated carbocycles. The Labute approximate surface area is 148 Å². The minimum Gasteiger partial charge on any atom is -0.508 e. The molecule has 3 N–H and O–H groups in total. The number of anilines is 1. The van der Waals surface area contributed by atoms with Crippen molar-refractivity contribution in [3.63, 3.8) is 0 Å². The van der Waals surface area contributed by atoms with Crippen molar-refractivity contribution in [2.45, 2.75) is 26.3 Å². The number of phenols is 1. The third kappa shape index (κ3) is 3.37. The number of nitrogens with one attached hydrogen (secondary N) is 2. The maximum Gasteiger partial charge on any atom is 0.329 e. The molecule has 9 nitrogen and oxygen atoms in total. The summed E-state index contributed by atoms with van der Waals surface area (Å²) in [4.78, 5) is 30.7. The van der Waals surface area contributed by atoms with Gasteiger partial charge in [-0.1, -0.05) is 25.5 Å². The molecule has 2 heterocycles. The number of hydrogen-bond donors (Lipinski definition) is 3. The average Bonchev–Trinajstić information content (AvgIpc) is 2.97. The highest BCUT2D eigenvalue weighted by molar-refractivity contribution is 5.81. The molecule has 3 rings (SSSR count). The predicted molar refractivity (Wildman–Crippen MR) is 99.8 cm³/mol. The summed E-state index contributed by atoms with van der Waals surface area (Å²) in [7, 11) is 1.55. The number of benzene rings is 1. The third-order valence-electron chi connectivity index (χ3n) is 3.99. The molecule has 9 heteroatoms. The van der Waals surface area contributed by atoms with Gasteiger partial charge in [0.25, 0.3) is 5.56 Å². The summed E-state index contributed by atoms with van der Waals surface area (Å²) in [5.74, 6) is 0.516. The molecule has 0 amide bonds. The van der Waals surface area contributed by atoms with Crippen molar-refractivity contribution in [1.82, 2.24) is 19.1 Å². The number of hydrogen-bond acceptors (Lipinski definition) is 6. The van der Waals surface area contributed by atoms with Crippen molar-refractivity contribution in [3.8, 4) is 5.75 Å². The molecule has 0 fully saturated rings. The molecule has 0 aliphatic rings. The summed E-state index contributed by atoms with van der Waals surface area (Å²) in [6.07, 6.45) is 3.32. The van der Waals surface area contributed by atoms with Gasteiger partial charge in [0.1, 0.15) is 5.75 Å². The Bertz CT molecular complexity index is 1080. The van der Waals surface area contributed by atoms with Crippen LogP contribution in [-0.4, -0.2) is 30.4 Å². The van der Waals surface area contributed by atoms with Gasteiger partial charge in [-0.15, -0.1) is 0 Å². The van der Waals surface area contributed by atoms with Crippen LogP contribution in [0.4, 0.5) is 5.95 Å². The van der Waals surface area contributed by atoms with Crippen molar-refractivity contribution >= 4 is 23.3 Å². The number of aromatic hydroxyl groups is 1. The topological polar surface area (TPSA) is 117 Å². The van der Waals surface area contributed by atoms with Gasteiger partial charge in [-0.25, -0.2) is 10.2 Å². The Morgan fingerprint density at radius 2 is 2.19 bits per heavy atom. The molecule has 0 bridgehead atoms. The van der Waals surface area contributed by atoms with E-state index in [1.165, 1.54) is 10.8 Å². The summed E-state index contributed by atoms with van der Waals surface area (Å²) in [5.41, 5.74) is 3.17. The highest BCUT2D eigenvalue weighted by Gasteiger charge is 2.16. The molecule has 0 aliphatic carbocycles. The van der Waals surface area contributed by atoms with E-state index in [0.29, 0.717) is 29.2 Å². The van der Waals surface area contributed by atoms with E-state index in [1.807, 2.05) is 6.92 Å². The van der Waals surface area contributed by atoms with E-state index in [-0.39, 0.29) is 5.75 Å². The molecule has 0 saturated heterocycles. The number of fused-ring (bicyclic) bond motifs is 1. The number of aromatic amines is 1. The molecule has 136 valence electrons. The molecule has 1 aromatic carbocycles. The van der Waals surface area contributed by atoms with Crippen LogP contribution in [0.3, 0.4) is 0 Å². The smallest absolute Gasteiger partial charge is 0.329 e. The predicted octanol–water partition coefficient (Wildman–Crippen LogP) is 1.37. The van der Waals surface area contributed by atoms with E-state index in [0.717, 1.165) is 12.8 Å². The number of nitrogens with zero attached hydrogens (tertiary/aromatic N) is 4. The first kappa shape index (κ1) is 17.5. The fraction of sp³-hybridized carbons (Fsp3) is 0.294. The molecule has 0 aliphatic heterocycles. The van der Waals surface area contributed by atoms with Crippen molar-refractivity contribution in [2.24, 2.45) is 12.1 Å². The minimum atomic E-state index is -0.516. The summed E-state index contributed by atoms with van der Waals surface area (Å²) in [5, 5.41) is 13.6. The van der Waals surface area contributed by atoms with Gasteiger partial charge >= 0.3 is 5.69 Å². The zero-order valence-electron chi connectivity index (χ0n) is 14.6. The quantitative estimate of drug-likeness (QED) is 0.455. The first-order chi connectivity index (χ1) is 12.5. The van der Waals surface area contributed by atoms with Crippen LogP contribution in [0, 0.1) is 0 Å². The summed E-state index contributed by atoms with van der Waals surface area (Å²) >= 11 is 0. The van der Waals surface area contributed by atoms with Crippen LogP contribution in [0.15, 0.2) is 39.0 Å². The van der Waals surface area contributed by atoms with Crippen LogP contribution < -0.4 is 16.7 Å². The van der Waals surface area contributed by atoms with Crippen LogP contribution in [0.2, 0.25) is 0 Å². The Balaban J connectivity index is 2.01. The fourth-order valence-corrected chi connectivity index (χ4v) is 2.62. The lowest BCUT2D eigenvalue weighted by Gasteiger charge is -2.06. The third-order valence-corrected chi connectivity index (χ3v) is 3.99. The molecule has 0 radical (unpaired) electrons. The molecule has 0 unspecified atom stereocenters. The second kappa shape index (κ2) is 7.26. The van der Waals surface area contributed by atoms with Gasteiger partial charge in [0.15, 0.2) is 11.2 Å². The van der Waals surface area contributed by atoms with E-state index in [2.05, 4.69) is 20.5 Å². The van der Waals surface area contributed by atoms with Crippen LogP contribution in [0.5, 0.6) is 5.75 Å². The maximum absolute atomic E-state index is 12.3. The summed E-state index contributed by atoms with van der Waals surface area (Å²) < 4.78 is 3.01. The summed E-state index contributed by atoms with van der Waals surface area (Å²) in [6, 6.07) is 6.64. The zero-order chi connectivity index (χ0) is 18.7. The van der Waals surface area contributed by atoms with Gasteiger partial charge in [0.2, 0.25) is 5.95 Å². The number of rotatable bonds is 6. The lowest BCUT2D eigenvalue weighted by atomic mass is 10.2. The van der Waals surface area contributed by atoms with Gasteiger partial charge in [0.05, 0.1) is 6.21 Å². The first-order valence-corrected chi connectivity index (χ1v) is 8.29. The second-order valence-electron chi connectivity index (χ2n) is 5.90. The van der Waals surface area contributed by atoms with Crippen LogP contribution in [0.1, 0.15) is 25.3 Å². The van der Waals surface area contributed by atoms with E-state index in [1.54, 1.807) is 35.9 Å². The van der Waals surface area contributed by atoms with Crippen molar-refractivity contribution in [3.05, 3.63) is 50.7 Å². The second-order valence-corrected chi connectivity index (χ2v) is 5.90. The fourth-order valence-electron chi connectivity index (χ4n) is 2.62. The van der Waals surface area contributed by atoms with E-state index in [4.69, 9.17) is 0 Å². The van der Waals surface area contributed by atoms with Gasteiger partial charge < -0.3 is 9.67 Å². The lowest BCUT2D eigenvalue weighted by Crippen LogP contribution is -2.29. The van der Waals surface area contributed by atoms with Gasteiger partial charge in [-0.2, -0.15) is 10.1 Å². The highest BCUT2D eigenvalue weighted by Crippen LogP contribution is 2.16. The van der Waals surface area contributed by atoms with Crippen molar-refractivity contribution in [2.75, 3.05) is 5.43 Å². The Hall–Kier alpha value is -3.36. The number of hydrazone groups is 1. The molecule has 0 atom stereocenters.